The molecule has 0 aromatic carbocycles. The minimum Gasteiger partial charge on any atom is -0.463 e. The molecule has 5 nitrogen and oxygen atoms in total. The number of rotatable bonds is 9. The minimum absolute atomic E-state index is 0.114. The van der Waals surface area contributed by atoms with E-state index >= 15 is 0 Å². The van der Waals surface area contributed by atoms with Crippen LogP contribution >= 0.6 is 0 Å². The molecule has 1 saturated carbocycles. The van der Waals surface area contributed by atoms with Gasteiger partial charge >= 0.3 is 5.97 Å². The van der Waals surface area contributed by atoms with Gasteiger partial charge in [-0.3, -0.25) is 4.79 Å². The molecule has 0 saturated heterocycles. The average molecular weight is 254 g/mol. The first-order valence-electron chi connectivity index (χ1n) is 6.48. The van der Waals surface area contributed by atoms with Crippen LogP contribution < -0.4 is 10.6 Å². The number of carbonyl (C=O) groups is 2. The summed E-state index contributed by atoms with van der Waals surface area (Å²) in [5, 5.41) is 6.00. The van der Waals surface area contributed by atoms with Crippen molar-refractivity contribution >= 4 is 11.9 Å². The third-order valence-electron chi connectivity index (χ3n) is 2.60. The molecule has 0 radical (unpaired) electrons. The number of carbonyl (C=O) groups excluding carboxylic acids is 2. The van der Waals surface area contributed by atoms with Crippen LogP contribution in [0.2, 0.25) is 0 Å². The van der Waals surface area contributed by atoms with Gasteiger partial charge in [0.25, 0.3) is 0 Å². The third kappa shape index (κ3) is 6.39. The fourth-order valence-corrected chi connectivity index (χ4v) is 1.45. The quantitative estimate of drug-likeness (QED) is 0.362. The van der Waals surface area contributed by atoms with E-state index in [9.17, 15) is 9.59 Å². The first kappa shape index (κ1) is 14.7. The van der Waals surface area contributed by atoms with E-state index in [1.54, 1.807) is 6.92 Å². The molecule has 0 aromatic rings. The second kappa shape index (κ2) is 7.87. The molecule has 1 amide bonds. The van der Waals surface area contributed by atoms with E-state index in [1.807, 2.05) is 0 Å². The lowest BCUT2D eigenvalue weighted by atomic mass is 10.2. The van der Waals surface area contributed by atoms with Gasteiger partial charge < -0.3 is 15.4 Å². The zero-order chi connectivity index (χ0) is 13.4. The van der Waals surface area contributed by atoms with Crippen molar-refractivity contribution in [2.24, 2.45) is 0 Å². The van der Waals surface area contributed by atoms with Crippen molar-refractivity contribution in [2.75, 3.05) is 19.7 Å². The summed E-state index contributed by atoms with van der Waals surface area (Å²) in [4.78, 5) is 22.6. The Hall–Kier alpha value is -1.36. The molecule has 0 unspecified atom stereocenters. The van der Waals surface area contributed by atoms with Crippen LogP contribution in [0.5, 0.6) is 0 Å². The van der Waals surface area contributed by atoms with Gasteiger partial charge in [-0.25, -0.2) is 4.79 Å². The summed E-state index contributed by atoms with van der Waals surface area (Å²) in [6, 6.07) is 0.425. The maximum absolute atomic E-state index is 11.4. The highest BCUT2D eigenvalue weighted by molar-refractivity contribution is 5.88. The largest absolute Gasteiger partial charge is 0.463 e. The Kier molecular flexibility index (Phi) is 6.43. The Morgan fingerprint density at radius 1 is 1.39 bits per heavy atom. The van der Waals surface area contributed by atoms with Crippen molar-refractivity contribution in [3.05, 3.63) is 12.2 Å². The fourth-order valence-electron chi connectivity index (χ4n) is 1.45. The maximum Gasteiger partial charge on any atom is 0.334 e. The summed E-state index contributed by atoms with van der Waals surface area (Å²) in [5.41, 5.74) is 0.416. The lowest BCUT2D eigenvalue weighted by Crippen LogP contribution is -2.27. The zero-order valence-corrected chi connectivity index (χ0v) is 11.0. The van der Waals surface area contributed by atoms with E-state index in [0.29, 0.717) is 37.7 Å². The van der Waals surface area contributed by atoms with E-state index in [0.717, 1.165) is 19.3 Å². The van der Waals surface area contributed by atoms with Crippen LogP contribution in [0.15, 0.2) is 12.2 Å². The molecule has 1 aliphatic rings. The molecule has 0 spiro atoms. The van der Waals surface area contributed by atoms with Crippen molar-refractivity contribution in [3.63, 3.8) is 0 Å². The standard InChI is InChI=1S/C13H22N2O3/c1-3-18-13(17)10(2)9-14-8-4-5-12(16)15-11-6-7-11/h11,14H,2-9H2,1H3,(H,15,16). The second-order valence-electron chi connectivity index (χ2n) is 4.45. The normalized spacial score (nSPS) is 14.1. The van der Waals surface area contributed by atoms with Crippen molar-refractivity contribution in [1.82, 2.24) is 10.6 Å². The topological polar surface area (TPSA) is 67.4 Å². The van der Waals surface area contributed by atoms with Gasteiger partial charge in [0, 0.05) is 24.6 Å². The first-order chi connectivity index (χ1) is 8.63. The van der Waals surface area contributed by atoms with Gasteiger partial charge in [-0.05, 0) is 32.7 Å². The minimum atomic E-state index is -0.364. The number of hydrogen-bond acceptors (Lipinski definition) is 4. The second-order valence-corrected chi connectivity index (χ2v) is 4.45. The SMILES string of the molecule is C=C(CNCCCC(=O)NC1CC1)C(=O)OCC. The van der Waals surface area contributed by atoms with Crippen molar-refractivity contribution in [3.8, 4) is 0 Å². The van der Waals surface area contributed by atoms with Crippen LogP contribution in [0.3, 0.4) is 0 Å². The van der Waals surface area contributed by atoms with Crippen LogP contribution in [0.1, 0.15) is 32.6 Å². The highest BCUT2D eigenvalue weighted by Gasteiger charge is 2.22. The van der Waals surface area contributed by atoms with Gasteiger partial charge in [-0.15, -0.1) is 0 Å². The average Bonchev–Trinajstić information content (AvgIpc) is 3.12. The molecule has 1 aliphatic carbocycles. The summed E-state index contributed by atoms with van der Waals surface area (Å²) in [6.45, 7) is 6.86. The van der Waals surface area contributed by atoms with E-state index in [2.05, 4.69) is 17.2 Å². The van der Waals surface area contributed by atoms with Gasteiger partial charge in [-0.1, -0.05) is 6.58 Å². The Morgan fingerprint density at radius 3 is 2.72 bits per heavy atom. The Balaban J connectivity index is 1.95. The molecule has 2 N–H and O–H groups in total. The molecule has 0 heterocycles. The van der Waals surface area contributed by atoms with Crippen LogP contribution in [-0.2, 0) is 14.3 Å². The molecular formula is C13H22N2O3. The fraction of sp³-hybridized carbons (Fsp3) is 0.692. The number of amides is 1. The highest BCUT2D eigenvalue weighted by atomic mass is 16.5. The molecule has 1 fully saturated rings. The number of esters is 1. The van der Waals surface area contributed by atoms with E-state index < -0.39 is 0 Å². The molecule has 1 rings (SSSR count). The van der Waals surface area contributed by atoms with Crippen LogP contribution in [0, 0.1) is 0 Å². The van der Waals surface area contributed by atoms with Crippen LogP contribution in [0.25, 0.3) is 0 Å². The van der Waals surface area contributed by atoms with Gasteiger partial charge in [0.1, 0.15) is 0 Å². The predicted molar refractivity (Wildman–Crippen MR) is 69.0 cm³/mol. The molecule has 0 bridgehead atoms. The molecular weight excluding hydrogens is 232 g/mol. The van der Waals surface area contributed by atoms with E-state index in [-0.39, 0.29) is 11.9 Å². The molecule has 102 valence electrons. The van der Waals surface area contributed by atoms with Gasteiger partial charge in [0.15, 0.2) is 0 Å². The summed E-state index contributed by atoms with van der Waals surface area (Å²) in [6.07, 6.45) is 3.51. The lowest BCUT2D eigenvalue weighted by Gasteiger charge is -2.07. The monoisotopic (exact) mass is 254 g/mol. The van der Waals surface area contributed by atoms with E-state index in [4.69, 9.17) is 4.74 Å². The molecule has 0 aromatic heterocycles. The summed E-state index contributed by atoms with van der Waals surface area (Å²) in [5.74, 6) is -0.250. The van der Waals surface area contributed by atoms with Crippen molar-refractivity contribution in [1.29, 1.82) is 0 Å². The molecule has 18 heavy (non-hydrogen) atoms. The molecule has 0 aliphatic heterocycles. The van der Waals surface area contributed by atoms with E-state index in [1.165, 1.54) is 0 Å². The zero-order valence-electron chi connectivity index (χ0n) is 11.0. The van der Waals surface area contributed by atoms with Crippen molar-refractivity contribution in [2.45, 2.75) is 38.6 Å². The first-order valence-corrected chi connectivity index (χ1v) is 6.48. The smallest absolute Gasteiger partial charge is 0.334 e. The van der Waals surface area contributed by atoms with Gasteiger partial charge in [0.05, 0.1) is 6.61 Å². The Labute approximate surface area is 108 Å². The lowest BCUT2D eigenvalue weighted by molar-refractivity contribution is -0.138. The predicted octanol–water partition coefficient (Wildman–Crippen LogP) is 0.754. The van der Waals surface area contributed by atoms with Crippen LogP contribution in [0.4, 0.5) is 0 Å². The summed E-state index contributed by atoms with van der Waals surface area (Å²) >= 11 is 0. The summed E-state index contributed by atoms with van der Waals surface area (Å²) in [7, 11) is 0. The molecule has 5 heteroatoms. The number of ether oxygens (including phenoxy) is 1. The maximum atomic E-state index is 11.4. The Morgan fingerprint density at radius 2 is 2.11 bits per heavy atom. The Bertz CT molecular complexity index is 311. The number of hydrogen-bond donors (Lipinski definition) is 2. The third-order valence-corrected chi connectivity index (χ3v) is 2.60. The highest BCUT2D eigenvalue weighted by Crippen LogP contribution is 2.18. The van der Waals surface area contributed by atoms with Crippen molar-refractivity contribution < 1.29 is 14.3 Å². The summed E-state index contributed by atoms with van der Waals surface area (Å²) < 4.78 is 4.81. The number of nitrogens with one attached hydrogen (secondary N) is 2. The molecule has 0 atom stereocenters. The van der Waals surface area contributed by atoms with Crippen LogP contribution in [-0.4, -0.2) is 37.6 Å². The van der Waals surface area contributed by atoms with Gasteiger partial charge in [-0.2, -0.15) is 0 Å². The van der Waals surface area contributed by atoms with Gasteiger partial charge in [0.2, 0.25) is 5.91 Å².